The summed E-state index contributed by atoms with van der Waals surface area (Å²) in [7, 11) is -0.878. The smallest absolute Gasteiger partial charge is 0.289 e. The van der Waals surface area contributed by atoms with Crippen molar-refractivity contribution in [1.29, 1.82) is 0 Å². The maximum Gasteiger partial charge on any atom is 0.289 e. The molecule has 0 saturated carbocycles. The minimum Gasteiger partial charge on any atom is -0.317 e. The highest BCUT2D eigenvalue weighted by Gasteiger charge is 2.23. The van der Waals surface area contributed by atoms with Gasteiger partial charge in [-0.2, -0.15) is 0 Å². The Morgan fingerprint density at radius 2 is 1.87 bits per heavy atom. The van der Waals surface area contributed by atoms with Gasteiger partial charge in [0.1, 0.15) is 0 Å². The Morgan fingerprint density at radius 3 is 2.47 bits per heavy atom. The van der Waals surface area contributed by atoms with Crippen molar-refractivity contribution < 1.29 is 9.05 Å². The average Bonchev–Trinajstić information content (AvgIpc) is 2.33. The standard InChI is InChI=1S/C11H16NO2P/c1-2-12(11-7-4-3-5-8-11)15-13-9-6-10-14-15/h3-5,7-8H,2,6,9-10H2,1H3. The van der Waals surface area contributed by atoms with Gasteiger partial charge in [-0.1, -0.05) is 18.2 Å². The number of benzene rings is 1. The first-order chi connectivity index (χ1) is 7.42. The SMILES string of the molecule is CCN(c1ccccc1)P1OCCCO1. The summed E-state index contributed by atoms with van der Waals surface area (Å²) in [6, 6.07) is 10.3. The molecule has 0 atom stereocenters. The first kappa shape index (κ1) is 10.9. The van der Waals surface area contributed by atoms with E-state index >= 15 is 0 Å². The molecule has 1 aliphatic heterocycles. The molecule has 0 bridgehead atoms. The molecule has 3 nitrogen and oxygen atoms in total. The summed E-state index contributed by atoms with van der Waals surface area (Å²) in [6.45, 7) is 4.66. The van der Waals surface area contributed by atoms with Crippen LogP contribution in [0.3, 0.4) is 0 Å². The zero-order valence-electron chi connectivity index (χ0n) is 8.93. The molecule has 1 saturated heterocycles. The molecule has 0 aliphatic carbocycles. The molecule has 0 N–H and O–H groups in total. The maximum absolute atomic E-state index is 5.65. The number of anilines is 1. The minimum absolute atomic E-state index is 0.815. The van der Waals surface area contributed by atoms with Crippen molar-refractivity contribution in [2.45, 2.75) is 13.3 Å². The van der Waals surface area contributed by atoms with Gasteiger partial charge in [-0.25, -0.2) is 0 Å². The van der Waals surface area contributed by atoms with E-state index in [0.717, 1.165) is 26.2 Å². The molecule has 0 unspecified atom stereocenters. The van der Waals surface area contributed by atoms with Crippen molar-refractivity contribution in [2.24, 2.45) is 0 Å². The lowest BCUT2D eigenvalue weighted by molar-refractivity contribution is 0.180. The van der Waals surface area contributed by atoms with Gasteiger partial charge in [-0.15, -0.1) is 0 Å². The number of hydrogen-bond acceptors (Lipinski definition) is 3. The van der Waals surface area contributed by atoms with Crippen molar-refractivity contribution in [3.63, 3.8) is 0 Å². The summed E-state index contributed by atoms with van der Waals surface area (Å²) in [6.07, 6.45) is 1.01. The average molecular weight is 225 g/mol. The topological polar surface area (TPSA) is 21.7 Å². The molecule has 1 heterocycles. The number of nitrogens with zero attached hydrogens (tertiary/aromatic N) is 1. The second kappa shape index (κ2) is 5.45. The summed E-state index contributed by atoms with van der Waals surface area (Å²) in [5, 5.41) is 0. The summed E-state index contributed by atoms with van der Waals surface area (Å²) in [5.74, 6) is 0. The minimum atomic E-state index is -0.878. The van der Waals surface area contributed by atoms with E-state index in [1.807, 2.05) is 18.2 Å². The van der Waals surface area contributed by atoms with Crippen molar-refractivity contribution >= 4 is 14.2 Å². The molecule has 2 rings (SSSR count). The predicted octanol–water partition coefficient (Wildman–Crippen LogP) is 3.18. The molecule has 1 aliphatic rings. The highest BCUT2D eigenvalue weighted by atomic mass is 31.2. The van der Waals surface area contributed by atoms with Gasteiger partial charge in [0.05, 0.1) is 13.2 Å². The summed E-state index contributed by atoms with van der Waals surface area (Å²) < 4.78 is 13.5. The van der Waals surface area contributed by atoms with Crippen molar-refractivity contribution in [3.05, 3.63) is 30.3 Å². The molecule has 4 heteroatoms. The zero-order chi connectivity index (χ0) is 10.5. The normalized spacial score (nSPS) is 17.7. The Bertz CT molecular complexity index is 288. The van der Waals surface area contributed by atoms with Crippen LogP contribution in [0.5, 0.6) is 0 Å². The van der Waals surface area contributed by atoms with Gasteiger partial charge in [0.25, 0.3) is 8.53 Å². The second-order valence-corrected chi connectivity index (χ2v) is 4.78. The van der Waals surface area contributed by atoms with Crippen LogP contribution in [-0.4, -0.2) is 19.8 Å². The third-order valence-electron chi connectivity index (χ3n) is 2.24. The molecule has 0 amide bonds. The van der Waals surface area contributed by atoms with E-state index in [9.17, 15) is 0 Å². The van der Waals surface area contributed by atoms with E-state index < -0.39 is 8.53 Å². The quantitative estimate of drug-likeness (QED) is 0.737. The molecular formula is C11H16NO2P. The van der Waals surface area contributed by atoms with E-state index in [1.54, 1.807) is 0 Å². The van der Waals surface area contributed by atoms with Gasteiger partial charge in [-0.3, -0.25) is 0 Å². The zero-order valence-corrected chi connectivity index (χ0v) is 9.82. The van der Waals surface area contributed by atoms with E-state index in [2.05, 4.69) is 23.7 Å². The third-order valence-corrected chi connectivity index (χ3v) is 3.96. The number of rotatable bonds is 3. The van der Waals surface area contributed by atoms with Crippen LogP contribution < -0.4 is 4.67 Å². The number of hydrogen-bond donors (Lipinski definition) is 0. The Hall–Kier alpha value is -0.630. The molecule has 1 aromatic carbocycles. The highest BCUT2D eigenvalue weighted by molar-refractivity contribution is 7.49. The lowest BCUT2D eigenvalue weighted by atomic mass is 10.3. The van der Waals surface area contributed by atoms with E-state index in [1.165, 1.54) is 5.69 Å². The fraction of sp³-hybridized carbons (Fsp3) is 0.455. The Morgan fingerprint density at radius 1 is 1.20 bits per heavy atom. The highest BCUT2D eigenvalue weighted by Crippen LogP contribution is 2.47. The maximum atomic E-state index is 5.65. The van der Waals surface area contributed by atoms with E-state index in [0.29, 0.717) is 0 Å². The van der Waals surface area contributed by atoms with Crippen molar-refractivity contribution in [1.82, 2.24) is 0 Å². The lowest BCUT2D eigenvalue weighted by Crippen LogP contribution is -2.22. The van der Waals surface area contributed by atoms with Gasteiger partial charge in [0, 0.05) is 12.2 Å². The van der Waals surface area contributed by atoms with E-state index in [-0.39, 0.29) is 0 Å². The van der Waals surface area contributed by atoms with Crippen molar-refractivity contribution in [2.75, 3.05) is 24.4 Å². The largest absolute Gasteiger partial charge is 0.317 e. The first-order valence-electron chi connectivity index (χ1n) is 5.30. The molecule has 0 spiro atoms. The Kier molecular flexibility index (Phi) is 3.95. The summed E-state index contributed by atoms with van der Waals surface area (Å²) >= 11 is 0. The fourth-order valence-electron chi connectivity index (χ4n) is 1.51. The monoisotopic (exact) mass is 225 g/mol. The van der Waals surface area contributed by atoms with Crippen molar-refractivity contribution in [3.8, 4) is 0 Å². The molecule has 15 heavy (non-hydrogen) atoms. The molecule has 82 valence electrons. The van der Waals surface area contributed by atoms with Crippen LogP contribution in [0.15, 0.2) is 30.3 Å². The third kappa shape index (κ3) is 2.69. The Balaban J connectivity index is 2.09. The van der Waals surface area contributed by atoms with Crippen LogP contribution >= 0.6 is 8.53 Å². The van der Waals surface area contributed by atoms with Crippen LogP contribution in [0, 0.1) is 0 Å². The van der Waals surface area contributed by atoms with Crippen LogP contribution in [0.2, 0.25) is 0 Å². The Labute approximate surface area is 92.0 Å². The second-order valence-electron chi connectivity index (χ2n) is 3.31. The first-order valence-corrected chi connectivity index (χ1v) is 6.43. The van der Waals surface area contributed by atoms with E-state index in [4.69, 9.17) is 9.05 Å². The lowest BCUT2D eigenvalue weighted by Gasteiger charge is -2.32. The molecule has 1 fully saturated rings. The van der Waals surface area contributed by atoms with Crippen LogP contribution in [0.1, 0.15) is 13.3 Å². The van der Waals surface area contributed by atoms with Gasteiger partial charge in [0.15, 0.2) is 0 Å². The predicted molar refractivity (Wildman–Crippen MR) is 62.9 cm³/mol. The fourth-order valence-corrected chi connectivity index (χ4v) is 2.99. The molecular weight excluding hydrogens is 209 g/mol. The van der Waals surface area contributed by atoms with Gasteiger partial charge >= 0.3 is 0 Å². The van der Waals surface area contributed by atoms with Gasteiger partial charge < -0.3 is 13.7 Å². The molecule has 0 radical (unpaired) electrons. The summed E-state index contributed by atoms with van der Waals surface area (Å²) in [4.78, 5) is 0. The number of para-hydroxylation sites is 1. The molecule has 0 aromatic heterocycles. The van der Waals surface area contributed by atoms with Crippen LogP contribution in [0.25, 0.3) is 0 Å². The van der Waals surface area contributed by atoms with Gasteiger partial charge in [0.2, 0.25) is 0 Å². The van der Waals surface area contributed by atoms with Gasteiger partial charge in [-0.05, 0) is 25.5 Å². The summed E-state index contributed by atoms with van der Waals surface area (Å²) in [5.41, 5.74) is 1.17. The van der Waals surface area contributed by atoms with Crippen LogP contribution in [0.4, 0.5) is 5.69 Å². The van der Waals surface area contributed by atoms with Crippen LogP contribution in [-0.2, 0) is 9.05 Å². The molecule has 1 aromatic rings.